The van der Waals surface area contributed by atoms with Gasteiger partial charge < -0.3 is 5.32 Å². The highest BCUT2D eigenvalue weighted by molar-refractivity contribution is 9.10. The molecule has 0 aromatic heterocycles. The average molecular weight is 363 g/mol. The number of hydrogen-bond acceptors (Lipinski definition) is 1. The minimum Gasteiger partial charge on any atom is -0.348 e. The Balaban J connectivity index is 2.68. The van der Waals surface area contributed by atoms with Gasteiger partial charge in [0.1, 0.15) is 0 Å². The second-order valence-electron chi connectivity index (χ2n) is 4.43. The first-order valence-electron chi connectivity index (χ1n) is 5.66. The molecule has 0 fully saturated rings. The SMILES string of the molecule is CC(C)CC(CBr)NC(=O)c1ccccc1Br. The predicted molar refractivity (Wildman–Crippen MR) is 78.6 cm³/mol. The van der Waals surface area contributed by atoms with Crippen molar-refractivity contribution < 1.29 is 4.79 Å². The van der Waals surface area contributed by atoms with E-state index < -0.39 is 0 Å². The van der Waals surface area contributed by atoms with Gasteiger partial charge in [0.2, 0.25) is 0 Å². The van der Waals surface area contributed by atoms with E-state index in [0.29, 0.717) is 11.5 Å². The van der Waals surface area contributed by atoms with Gasteiger partial charge in [0.05, 0.1) is 5.56 Å². The first kappa shape index (κ1) is 14.7. The number of amides is 1. The first-order chi connectivity index (χ1) is 8.04. The molecule has 1 unspecified atom stereocenters. The standard InChI is InChI=1S/C13H17Br2NO/c1-9(2)7-10(8-14)16-13(17)11-5-3-4-6-12(11)15/h3-6,9-10H,7-8H2,1-2H3,(H,16,17). The van der Waals surface area contributed by atoms with Crippen LogP contribution < -0.4 is 5.32 Å². The summed E-state index contributed by atoms with van der Waals surface area (Å²) in [5, 5.41) is 3.82. The Morgan fingerprint density at radius 3 is 2.53 bits per heavy atom. The molecule has 0 aliphatic carbocycles. The number of carbonyl (C=O) groups is 1. The van der Waals surface area contributed by atoms with Crippen LogP contribution in [-0.4, -0.2) is 17.3 Å². The Kier molecular flexibility index (Phi) is 6.20. The zero-order valence-electron chi connectivity index (χ0n) is 10.0. The van der Waals surface area contributed by atoms with Gasteiger partial charge in [-0.15, -0.1) is 0 Å². The van der Waals surface area contributed by atoms with Gasteiger partial charge >= 0.3 is 0 Å². The van der Waals surface area contributed by atoms with Crippen LogP contribution in [0.4, 0.5) is 0 Å². The fourth-order valence-electron chi connectivity index (χ4n) is 1.64. The van der Waals surface area contributed by atoms with Crippen molar-refractivity contribution in [1.29, 1.82) is 0 Å². The molecule has 1 atom stereocenters. The minimum absolute atomic E-state index is 0.0254. The van der Waals surface area contributed by atoms with Crippen LogP contribution in [0, 0.1) is 5.92 Å². The number of alkyl halides is 1. The quantitative estimate of drug-likeness (QED) is 0.788. The van der Waals surface area contributed by atoms with Crippen molar-refractivity contribution >= 4 is 37.8 Å². The van der Waals surface area contributed by atoms with Gasteiger partial charge in [0, 0.05) is 15.8 Å². The second-order valence-corrected chi connectivity index (χ2v) is 5.94. The molecule has 0 spiro atoms. The molecule has 0 radical (unpaired) electrons. The van der Waals surface area contributed by atoms with Crippen molar-refractivity contribution in [2.75, 3.05) is 5.33 Å². The highest BCUT2D eigenvalue weighted by atomic mass is 79.9. The summed E-state index contributed by atoms with van der Waals surface area (Å²) in [6, 6.07) is 7.64. The molecule has 0 saturated carbocycles. The van der Waals surface area contributed by atoms with E-state index in [0.717, 1.165) is 16.2 Å². The van der Waals surface area contributed by atoms with Crippen LogP contribution in [0.5, 0.6) is 0 Å². The average Bonchev–Trinajstić information content (AvgIpc) is 2.27. The number of hydrogen-bond donors (Lipinski definition) is 1. The Morgan fingerprint density at radius 1 is 1.35 bits per heavy atom. The van der Waals surface area contributed by atoms with E-state index >= 15 is 0 Å². The monoisotopic (exact) mass is 361 g/mol. The van der Waals surface area contributed by atoms with Gasteiger partial charge in [-0.05, 0) is 40.4 Å². The zero-order valence-corrected chi connectivity index (χ0v) is 13.2. The third-order valence-corrected chi connectivity index (χ3v) is 3.87. The van der Waals surface area contributed by atoms with E-state index in [1.54, 1.807) is 0 Å². The van der Waals surface area contributed by atoms with Crippen molar-refractivity contribution in [1.82, 2.24) is 5.32 Å². The van der Waals surface area contributed by atoms with Crippen molar-refractivity contribution in [3.8, 4) is 0 Å². The van der Waals surface area contributed by atoms with E-state index in [2.05, 4.69) is 51.0 Å². The topological polar surface area (TPSA) is 29.1 Å². The van der Waals surface area contributed by atoms with Crippen molar-refractivity contribution in [3.05, 3.63) is 34.3 Å². The normalized spacial score (nSPS) is 12.5. The zero-order chi connectivity index (χ0) is 12.8. The lowest BCUT2D eigenvalue weighted by atomic mass is 10.0. The van der Waals surface area contributed by atoms with E-state index in [-0.39, 0.29) is 11.9 Å². The molecule has 94 valence electrons. The van der Waals surface area contributed by atoms with Crippen molar-refractivity contribution in [2.45, 2.75) is 26.3 Å². The van der Waals surface area contributed by atoms with Gasteiger partial charge in [0.25, 0.3) is 5.91 Å². The molecule has 1 aromatic carbocycles. The lowest BCUT2D eigenvalue weighted by molar-refractivity contribution is 0.0936. The predicted octanol–water partition coefficient (Wildman–Crippen LogP) is 3.99. The third-order valence-electron chi connectivity index (χ3n) is 2.40. The van der Waals surface area contributed by atoms with Crippen molar-refractivity contribution in [3.63, 3.8) is 0 Å². The van der Waals surface area contributed by atoms with Gasteiger partial charge in [-0.2, -0.15) is 0 Å². The summed E-state index contributed by atoms with van der Waals surface area (Å²) >= 11 is 6.82. The third kappa shape index (κ3) is 4.80. The van der Waals surface area contributed by atoms with Crippen LogP contribution in [0.3, 0.4) is 0 Å². The Bertz CT molecular complexity index is 379. The molecule has 1 amide bonds. The van der Waals surface area contributed by atoms with Gasteiger partial charge in [-0.3, -0.25) is 4.79 Å². The molecular weight excluding hydrogens is 346 g/mol. The van der Waals surface area contributed by atoms with E-state index in [4.69, 9.17) is 0 Å². The lowest BCUT2D eigenvalue weighted by Crippen LogP contribution is -2.37. The Labute approximate surface area is 119 Å². The first-order valence-corrected chi connectivity index (χ1v) is 7.57. The molecular formula is C13H17Br2NO. The van der Waals surface area contributed by atoms with Gasteiger partial charge in [-0.25, -0.2) is 0 Å². The summed E-state index contributed by atoms with van der Waals surface area (Å²) in [6.45, 7) is 4.31. The molecule has 1 aromatic rings. The smallest absolute Gasteiger partial charge is 0.252 e. The number of carbonyl (C=O) groups excluding carboxylic acids is 1. The fourth-order valence-corrected chi connectivity index (χ4v) is 2.53. The van der Waals surface area contributed by atoms with Crippen LogP contribution in [-0.2, 0) is 0 Å². The number of benzene rings is 1. The number of nitrogens with one attached hydrogen (secondary N) is 1. The summed E-state index contributed by atoms with van der Waals surface area (Å²) in [6.07, 6.45) is 0.974. The van der Waals surface area contributed by atoms with Gasteiger partial charge in [-0.1, -0.05) is 41.9 Å². The van der Waals surface area contributed by atoms with E-state index in [1.165, 1.54) is 0 Å². The lowest BCUT2D eigenvalue weighted by Gasteiger charge is -2.18. The van der Waals surface area contributed by atoms with E-state index in [1.807, 2.05) is 24.3 Å². The largest absolute Gasteiger partial charge is 0.348 e. The summed E-state index contributed by atoms with van der Waals surface area (Å²) in [5.74, 6) is 0.541. The van der Waals surface area contributed by atoms with E-state index in [9.17, 15) is 4.79 Å². The number of halogens is 2. The molecule has 0 aliphatic rings. The molecule has 1 rings (SSSR count). The highest BCUT2D eigenvalue weighted by Crippen LogP contribution is 2.16. The molecule has 0 bridgehead atoms. The Morgan fingerprint density at radius 2 is 2.00 bits per heavy atom. The highest BCUT2D eigenvalue weighted by Gasteiger charge is 2.15. The molecule has 0 saturated heterocycles. The van der Waals surface area contributed by atoms with Crippen molar-refractivity contribution in [2.24, 2.45) is 5.92 Å². The van der Waals surface area contributed by atoms with Crippen LogP contribution in [0.2, 0.25) is 0 Å². The number of rotatable bonds is 5. The van der Waals surface area contributed by atoms with Crippen LogP contribution in [0.1, 0.15) is 30.6 Å². The van der Waals surface area contributed by atoms with Crippen LogP contribution in [0.15, 0.2) is 28.7 Å². The van der Waals surface area contributed by atoms with Crippen LogP contribution >= 0.6 is 31.9 Å². The fraction of sp³-hybridized carbons (Fsp3) is 0.462. The summed E-state index contributed by atoms with van der Waals surface area (Å²) in [4.78, 5) is 12.1. The molecule has 4 heteroatoms. The maximum absolute atomic E-state index is 12.1. The molecule has 2 nitrogen and oxygen atoms in total. The minimum atomic E-state index is -0.0254. The Hall–Kier alpha value is -0.350. The molecule has 0 heterocycles. The molecule has 0 aliphatic heterocycles. The second kappa shape index (κ2) is 7.17. The molecule has 17 heavy (non-hydrogen) atoms. The maximum atomic E-state index is 12.1. The van der Waals surface area contributed by atoms with Crippen LogP contribution in [0.25, 0.3) is 0 Å². The summed E-state index contributed by atoms with van der Waals surface area (Å²) in [5.41, 5.74) is 0.683. The summed E-state index contributed by atoms with van der Waals surface area (Å²) < 4.78 is 0.829. The molecule has 1 N–H and O–H groups in total. The van der Waals surface area contributed by atoms with Gasteiger partial charge in [0.15, 0.2) is 0 Å². The maximum Gasteiger partial charge on any atom is 0.252 e. The summed E-state index contributed by atoms with van der Waals surface area (Å²) in [7, 11) is 0.